The smallest absolute Gasteiger partial charge is 1.00 e. The Morgan fingerprint density at radius 1 is 0.900 bits per heavy atom. The van der Waals surface area contributed by atoms with E-state index in [0.717, 1.165) is 9.52 Å². The minimum atomic E-state index is 0. The third-order valence-corrected chi connectivity index (χ3v) is 5.44. The molecule has 30 heavy (non-hydrogen) atoms. The Kier molecular flexibility index (Phi) is 11.7. The molecule has 4 heteroatoms. The molecule has 0 amide bonds. The van der Waals surface area contributed by atoms with Crippen LogP contribution in [0.4, 0.5) is 0 Å². The van der Waals surface area contributed by atoms with Crippen LogP contribution in [0.3, 0.4) is 0 Å². The van der Waals surface area contributed by atoms with Gasteiger partial charge < -0.3 is 24.8 Å². The minimum absolute atomic E-state index is 0. The van der Waals surface area contributed by atoms with Crippen molar-refractivity contribution in [2.45, 2.75) is 47.7 Å². The predicted octanol–water partition coefficient (Wildman–Crippen LogP) is 1.90. The molecule has 0 heterocycles. The van der Waals surface area contributed by atoms with Crippen LogP contribution >= 0.6 is 0 Å². The molecule has 0 fully saturated rings. The van der Waals surface area contributed by atoms with Crippen LogP contribution in [0.25, 0.3) is 27.1 Å². The van der Waals surface area contributed by atoms with E-state index in [0.29, 0.717) is 5.92 Å². The number of rotatable bonds is 1. The summed E-state index contributed by atoms with van der Waals surface area (Å²) in [7, 11) is 1.08. The maximum atomic E-state index is 2.46. The summed E-state index contributed by atoms with van der Waals surface area (Å²) >= 11 is 0. The molecule has 157 valence electrons. The van der Waals surface area contributed by atoms with Gasteiger partial charge in [0.05, 0.1) is 0 Å². The van der Waals surface area contributed by atoms with E-state index >= 15 is 0 Å². The maximum Gasteiger partial charge on any atom is 3.00 e. The molecule has 0 aliphatic heterocycles. The molecule has 0 bridgehead atoms. The van der Waals surface area contributed by atoms with Crippen molar-refractivity contribution in [1.29, 1.82) is 0 Å². The van der Waals surface area contributed by atoms with Crippen molar-refractivity contribution in [2.24, 2.45) is 11.3 Å². The van der Waals surface area contributed by atoms with Gasteiger partial charge in [-0.25, -0.2) is 0 Å². The van der Waals surface area contributed by atoms with Crippen LogP contribution in [0.5, 0.6) is 0 Å². The molecular weight excluding hydrogens is 503 g/mol. The average Bonchev–Trinajstić information content (AvgIpc) is 3.13. The molecule has 1 aliphatic rings. The number of benzene rings is 2. The van der Waals surface area contributed by atoms with Crippen LogP contribution in [-0.4, -0.2) is 9.52 Å². The molecule has 3 aromatic carbocycles. The zero-order valence-corrected chi connectivity index (χ0v) is 24.0. The first-order valence-corrected chi connectivity index (χ1v) is 11.9. The van der Waals surface area contributed by atoms with Crippen molar-refractivity contribution in [2.75, 3.05) is 0 Å². The maximum absolute atomic E-state index is 2.46. The second kappa shape index (κ2) is 11.9. The fraction of sp³-hybridized carbons (Fsp3) is 0.346. The summed E-state index contributed by atoms with van der Waals surface area (Å²) in [5.41, 5.74) is 6.07. The molecule has 3 aromatic rings. The van der Waals surface area contributed by atoms with Gasteiger partial charge in [-0.05, 0) is 23.8 Å². The van der Waals surface area contributed by atoms with Gasteiger partial charge in [-0.2, -0.15) is 0 Å². The zero-order chi connectivity index (χ0) is 19.8. The topological polar surface area (TPSA) is 0 Å². The molecule has 0 nitrogen and oxygen atoms in total. The molecule has 1 atom stereocenters. The van der Waals surface area contributed by atoms with E-state index in [-0.39, 0.29) is 56.4 Å². The van der Waals surface area contributed by atoms with E-state index in [1.54, 1.807) is 0 Å². The molecule has 0 saturated carbocycles. The van der Waals surface area contributed by atoms with E-state index in [2.05, 4.69) is 102 Å². The first-order valence-electron chi connectivity index (χ1n) is 9.89. The third-order valence-electron chi connectivity index (χ3n) is 5.44. The standard InChI is InChI=1S/C24H25.C2H6Si.2ClH.Zr/c1-15-13-22(24(3,4)5)16(2)23(15)20-12-8-11-19-18-10-7-6-9-17(18)14-21(19)20;1-3-2;;;/h6-15H,1-5H3;1-2H3;2*1H;/q-1;;;;+3/p-2. The quantitative estimate of drug-likeness (QED) is 0.331. The van der Waals surface area contributed by atoms with Crippen molar-refractivity contribution in [3.63, 3.8) is 0 Å². The van der Waals surface area contributed by atoms with Gasteiger partial charge in [0.25, 0.3) is 0 Å². The van der Waals surface area contributed by atoms with Gasteiger partial charge in [-0.1, -0.05) is 100.0 Å². The summed E-state index contributed by atoms with van der Waals surface area (Å²) in [5.74, 6) is 0.475. The minimum Gasteiger partial charge on any atom is -1.00 e. The summed E-state index contributed by atoms with van der Waals surface area (Å²) in [4.78, 5) is 0. The second-order valence-electron chi connectivity index (χ2n) is 8.66. The van der Waals surface area contributed by atoms with E-state index in [1.807, 2.05) is 0 Å². The van der Waals surface area contributed by atoms with E-state index in [4.69, 9.17) is 0 Å². The Morgan fingerprint density at radius 3 is 2.03 bits per heavy atom. The first kappa shape index (κ1) is 29.5. The van der Waals surface area contributed by atoms with Crippen LogP contribution in [-0.2, 0) is 26.2 Å². The van der Waals surface area contributed by atoms with E-state index < -0.39 is 0 Å². The molecule has 0 spiro atoms. The van der Waals surface area contributed by atoms with E-state index in [1.165, 1.54) is 43.8 Å². The predicted molar refractivity (Wildman–Crippen MR) is 124 cm³/mol. The Labute approximate surface area is 216 Å². The summed E-state index contributed by atoms with van der Waals surface area (Å²) in [5, 5.41) is 5.47. The van der Waals surface area contributed by atoms with Crippen LogP contribution in [0.2, 0.25) is 13.1 Å². The molecule has 0 N–H and O–H groups in total. The fourth-order valence-electron chi connectivity index (χ4n) is 4.42. The van der Waals surface area contributed by atoms with Gasteiger partial charge in [0, 0.05) is 9.52 Å². The number of allylic oxidation sites excluding steroid dienone is 4. The monoisotopic (exact) mass is 531 g/mol. The van der Waals surface area contributed by atoms with Gasteiger partial charge in [-0.3, -0.25) is 0 Å². The number of hydrogen-bond donors (Lipinski definition) is 0. The SMILES string of the molecule is CC1=C(c2cccc3c2[cH-]c2ccccc23)C(C)C=C1C(C)(C)C.C[Si]C.[Cl-].[Cl-].[Zr+3]. The molecule has 3 radical (unpaired) electrons. The van der Waals surface area contributed by atoms with Crippen LogP contribution in [0.1, 0.15) is 40.2 Å². The third kappa shape index (κ3) is 5.63. The van der Waals surface area contributed by atoms with Gasteiger partial charge >= 0.3 is 26.2 Å². The van der Waals surface area contributed by atoms with Crippen LogP contribution in [0, 0.1) is 11.3 Å². The summed E-state index contributed by atoms with van der Waals surface area (Å²) in [6.45, 7) is 15.9. The summed E-state index contributed by atoms with van der Waals surface area (Å²) in [6, 6.07) is 17.9. The summed E-state index contributed by atoms with van der Waals surface area (Å²) < 4.78 is 0. The van der Waals surface area contributed by atoms with Gasteiger partial charge in [0.1, 0.15) is 0 Å². The summed E-state index contributed by atoms with van der Waals surface area (Å²) in [6.07, 6.45) is 2.46. The molecule has 0 aromatic heterocycles. The van der Waals surface area contributed by atoms with Crippen molar-refractivity contribution < 1.29 is 51.0 Å². The number of fused-ring (bicyclic) bond motifs is 3. The van der Waals surface area contributed by atoms with Crippen molar-refractivity contribution in [3.8, 4) is 0 Å². The molecule has 1 aliphatic carbocycles. The largest absolute Gasteiger partial charge is 3.00 e. The zero-order valence-electron chi connectivity index (χ0n) is 19.0. The number of hydrogen-bond acceptors (Lipinski definition) is 0. The van der Waals surface area contributed by atoms with Crippen molar-refractivity contribution in [1.82, 2.24) is 0 Å². The average molecular weight is 534 g/mol. The molecule has 0 saturated heterocycles. The van der Waals surface area contributed by atoms with Crippen LogP contribution < -0.4 is 24.8 Å². The number of halogens is 2. The van der Waals surface area contributed by atoms with Gasteiger partial charge in [-0.15, -0.1) is 33.7 Å². The molecule has 1 unspecified atom stereocenters. The van der Waals surface area contributed by atoms with Crippen molar-refractivity contribution in [3.05, 3.63) is 71.3 Å². The Morgan fingerprint density at radius 2 is 1.47 bits per heavy atom. The Balaban J connectivity index is 0.00000133. The van der Waals surface area contributed by atoms with Crippen LogP contribution in [0.15, 0.2) is 65.8 Å². The molecule has 4 rings (SSSR count). The fourth-order valence-corrected chi connectivity index (χ4v) is 4.42. The van der Waals surface area contributed by atoms with Gasteiger partial charge in [0.2, 0.25) is 0 Å². The first-order chi connectivity index (χ1) is 12.8. The normalized spacial score (nSPS) is 15.6. The van der Waals surface area contributed by atoms with E-state index in [9.17, 15) is 0 Å². The Hall–Kier alpha value is -0.530. The molecular formula is C26H31Cl2SiZr. The second-order valence-corrected chi connectivity index (χ2v) is 9.66. The van der Waals surface area contributed by atoms with Gasteiger partial charge in [0.15, 0.2) is 0 Å². The van der Waals surface area contributed by atoms with Crippen molar-refractivity contribution >= 4 is 36.6 Å². The Bertz CT molecular complexity index is 1040.